The van der Waals surface area contributed by atoms with Gasteiger partial charge in [0.2, 0.25) is 0 Å². The van der Waals surface area contributed by atoms with Crippen LogP contribution in [0.3, 0.4) is 0 Å². The van der Waals surface area contributed by atoms with Crippen molar-refractivity contribution >= 4 is 0 Å². The van der Waals surface area contributed by atoms with Crippen molar-refractivity contribution in [3.05, 3.63) is 0 Å². The van der Waals surface area contributed by atoms with Crippen molar-refractivity contribution in [2.45, 2.75) is 12.7 Å². The molecule has 1 aliphatic heterocycles. The number of hydrogen-bond donors (Lipinski definition) is 0. The van der Waals surface area contributed by atoms with Crippen molar-refractivity contribution < 1.29 is 0 Å². The van der Waals surface area contributed by atoms with Crippen molar-refractivity contribution in [1.29, 1.82) is 0 Å². The largest absolute Gasteiger partial charge is 0.304 e. The summed E-state index contributed by atoms with van der Waals surface area (Å²) in [6.07, 6.45) is 0. The van der Waals surface area contributed by atoms with Crippen LogP contribution in [-0.4, -0.2) is 86.8 Å². The van der Waals surface area contributed by atoms with Gasteiger partial charge in [0, 0.05) is 26.2 Å². The Morgan fingerprint density at radius 1 is 0.867 bits per heavy atom. The van der Waals surface area contributed by atoms with Gasteiger partial charge in [-0.25, -0.2) is 0 Å². The quantitative estimate of drug-likeness (QED) is 0.610. The highest BCUT2D eigenvalue weighted by molar-refractivity contribution is 4.83. The Bertz CT molecular complexity index is 191. The van der Waals surface area contributed by atoms with Crippen LogP contribution in [0, 0.1) is 0 Å². The van der Waals surface area contributed by atoms with Crippen molar-refractivity contribution in [2.24, 2.45) is 0 Å². The van der Waals surface area contributed by atoms with Gasteiger partial charge in [-0.15, -0.1) is 0 Å². The maximum atomic E-state index is 2.42. The van der Waals surface area contributed by atoms with Crippen molar-refractivity contribution in [2.75, 3.05) is 61.4 Å². The zero-order valence-electron chi connectivity index (χ0n) is 11.1. The van der Waals surface area contributed by atoms with Crippen molar-refractivity contribution in [3.63, 3.8) is 0 Å². The van der Waals surface area contributed by atoms with E-state index in [1.54, 1.807) is 0 Å². The molecule has 1 fully saturated rings. The number of nitrogens with zero attached hydrogens (tertiary/aromatic N) is 4. The van der Waals surface area contributed by atoms with Crippen molar-refractivity contribution in [3.8, 4) is 0 Å². The highest BCUT2D eigenvalue weighted by Crippen LogP contribution is 2.21. The van der Waals surface area contributed by atoms with E-state index in [1.165, 1.54) is 0 Å². The molecule has 4 nitrogen and oxygen atoms in total. The monoisotopic (exact) mass is 214 g/mol. The number of hydrogen-bond acceptors (Lipinski definition) is 4. The Morgan fingerprint density at radius 3 is 1.60 bits per heavy atom. The first-order valence-corrected chi connectivity index (χ1v) is 5.67. The predicted octanol–water partition coefficient (Wildman–Crippen LogP) is 0.0307. The molecule has 1 aliphatic rings. The fraction of sp³-hybridized carbons (Fsp3) is 1.00. The summed E-state index contributed by atoms with van der Waals surface area (Å²) in [7, 11) is 10.9. The van der Waals surface area contributed by atoms with E-state index >= 15 is 0 Å². The second-order valence-corrected chi connectivity index (χ2v) is 5.01. The Balaban J connectivity index is 2.82. The summed E-state index contributed by atoms with van der Waals surface area (Å²) in [5, 5.41) is 0. The molecule has 1 rings (SSSR count). The van der Waals surface area contributed by atoms with Crippen LogP contribution in [0.25, 0.3) is 0 Å². The fourth-order valence-corrected chi connectivity index (χ4v) is 2.15. The Morgan fingerprint density at radius 2 is 1.27 bits per heavy atom. The van der Waals surface area contributed by atoms with E-state index in [2.05, 4.69) is 61.8 Å². The number of likely N-dealkylation sites (N-methyl/N-ethyl adjacent to an activating group) is 3. The van der Waals surface area contributed by atoms with Gasteiger partial charge >= 0.3 is 0 Å². The molecule has 15 heavy (non-hydrogen) atoms. The molecule has 0 aliphatic carbocycles. The first-order chi connectivity index (χ1) is 6.89. The van der Waals surface area contributed by atoms with Gasteiger partial charge in [-0.3, -0.25) is 14.7 Å². The standard InChI is InChI=1S/C11H26N4/c1-11(12(2)3)14(5)9-7-13(4)8-10-15(11)6/h7-10H2,1-6H3. The third-order valence-electron chi connectivity index (χ3n) is 3.93. The summed E-state index contributed by atoms with van der Waals surface area (Å²) >= 11 is 0. The molecule has 0 aromatic heterocycles. The van der Waals surface area contributed by atoms with Crippen LogP contribution in [0.4, 0.5) is 0 Å². The van der Waals surface area contributed by atoms with E-state index in [4.69, 9.17) is 0 Å². The van der Waals surface area contributed by atoms with E-state index in [0.717, 1.165) is 26.2 Å². The molecule has 4 heteroatoms. The van der Waals surface area contributed by atoms with Crippen LogP contribution in [0.2, 0.25) is 0 Å². The zero-order chi connectivity index (χ0) is 11.6. The normalized spacial score (nSPS) is 26.6. The molecule has 0 saturated carbocycles. The molecule has 0 atom stereocenters. The average Bonchev–Trinajstić information content (AvgIpc) is 2.19. The predicted molar refractivity (Wildman–Crippen MR) is 64.8 cm³/mol. The van der Waals surface area contributed by atoms with Gasteiger partial charge < -0.3 is 4.90 Å². The first-order valence-electron chi connectivity index (χ1n) is 5.67. The lowest BCUT2D eigenvalue weighted by atomic mass is 10.2. The van der Waals surface area contributed by atoms with Gasteiger partial charge in [-0.1, -0.05) is 0 Å². The Labute approximate surface area is 94.4 Å². The average molecular weight is 214 g/mol. The van der Waals surface area contributed by atoms with E-state index < -0.39 is 0 Å². The van der Waals surface area contributed by atoms with Crippen LogP contribution in [-0.2, 0) is 0 Å². The summed E-state index contributed by atoms with van der Waals surface area (Å²) < 4.78 is 0. The van der Waals surface area contributed by atoms with E-state index in [-0.39, 0.29) is 5.79 Å². The van der Waals surface area contributed by atoms with Crippen LogP contribution in [0.1, 0.15) is 6.92 Å². The Hall–Kier alpha value is -0.160. The van der Waals surface area contributed by atoms with Gasteiger partial charge in [0.15, 0.2) is 0 Å². The van der Waals surface area contributed by atoms with Gasteiger partial charge in [0.25, 0.3) is 0 Å². The van der Waals surface area contributed by atoms with Crippen LogP contribution in [0.5, 0.6) is 0 Å². The molecule has 0 radical (unpaired) electrons. The van der Waals surface area contributed by atoms with E-state index in [0.29, 0.717) is 0 Å². The SMILES string of the molecule is CN1CCN(C)C(C)(N(C)C)N(C)CC1. The lowest BCUT2D eigenvalue weighted by Crippen LogP contribution is -2.67. The summed E-state index contributed by atoms with van der Waals surface area (Å²) in [4.78, 5) is 9.52. The summed E-state index contributed by atoms with van der Waals surface area (Å²) in [5.74, 6) is 0.0290. The van der Waals surface area contributed by atoms with Crippen LogP contribution >= 0.6 is 0 Å². The smallest absolute Gasteiger partial charge is 0.127 e. The Kier molecular flexibility index (Phi) is 4.12. The molecule has 1 saturated heterocycles. The molecule has 0 spiro atoms. The molecule has 0 N–H and O–H groups in total. The van der Waals surface area contributed by atoms with Crippen molar-refractivity contribution in [1.82, 2.24) is 19.6 Å². The first kappa shape index (κ1) is 12.9. The minimum absolute atomic E-state index is 0.0290. The van der Waals surface area contributed by atoms with E-state index in [9.17, 15) is 0 Å². The lowest BCUT2D eigenvalue weighted by molar-refractivity contribution is -0.127. The zero-order valence-corrected chi connectivity index (χ0v) is 11.1. The maximum Gasteiger partial charge on any atom is 0.127 e. The van der Waals surface area contributed by atoms with E-state index in [1.807, 2.05) is 0 Å². The molecule has 0 amide bonds. The lowest BCUT2D eigenvalue weighted by Gasteiger charge is -2.51. The number of rotatable bonds is 1. The molecular weight excluding hydrogens is 188 g/mol. The molecule has 0 aromatic rings. The minimum atomic E-state index is 0.0290. The summed E-state index contributed by atoms with van der Waals surface area (Å²) in [6, 6.07) is 0. The highest BCUT2D eigenvalue weighted by atomic mass is 15.5. The van der Waals surface area contributed by atoms with Gasteiger partial charge in [-0.2, -0.15) is 0 Å². The summed E-state index contributed by atoms with van der Waals surface area (Å²) in [6.45, 7) is 6.80. The molecule has 0 aromatic carbocycles. The molecule has 1 heterocycles. The highest BCUT2D eigenvalue weighted by Gasteiger charge is 2.36. The van der Waals surface area contributed by atoms with Gasteiger partial charge in [-0.05, 0) is 42.2 Å². The molecular formula is C11H26N4. The fourth-order valence-electron chi connectivity index (χ4n) is 2.15. The second-order valence-electron chi connectivity index (χ2n) is 5.01. The minimum Gasteiger partial charge on any atom is -0.304 e. The maximum absolute atomic E-state index is 2.42. The third kappa shape index (κ3) is 2.50. The molecule has 90 valence electrons. The topological polar surface area (TPSA) is 13.0 Å². The summed E-state index contributed by atoms with van der Waals surface area (Å²) in [5.41, 5.74) is 0. The van der Waals surface area contributed by atoms with Gasteiger partial charge in [0.05, 0.1) is 0 Å². The third-order valence-corrected chi connectivity index (χ3v) is 3.93. The van der Waals surface area contributed by atoms with Gasteiger partial charge in [0.1, 0.15) is 5.79 Å². The molecule has 0 bridgehead atoms. The second kappa shape index (κ2) is 4.78. The molecule has 0 unspecified atom stereocenters. The van der Waals surface area contributed by atoms with Crippen LogP contribution in [0.15, 0.2) is 0 Å². The van der Waals surface area contributed by atoms with Crippen LogP contribution < -0.4 is 0 Å².